The van der Waals surface area contributed by atoms with Crippen molar-refractivity contribution in [3.63, 3.8) is 0 Å². The van der Waals surface area contributed by atoms with E-state index in [1.807, 2.05) is 26.8 Å². The highest BCUT2D eigenvalue weighted by atomic mass is 35.5. The van der Waals surface area contributed by atoms with Crippen LogP contribution in [0.3, 0.4) is 0 Å². The van der Waals surface area contributed by atoms with E-state index in [9.17, 15) is 9.59 Å². The molecular formula is C30H38ClN3O5. The van der Waals surface area contributed by atoms with Gasteiger partial charge in [0.1, 0.15) is 12.7 Å². The van der Waals surface area contributed by atoms with E-state index in [0.29, 0.717) is 51.8 Å². The zero-order valence-corrected chi connectivity index (χ0v) is 23.7. The first-order chi connectivity index (χ1) is 18.8. The highest BCUT2D eigenvalue weighted by Gasteiger charge is 2.42. The van der Waals surface area contributed by atoms with Crippen LogP contribution in [0.15, 0.2) is 16.9 Å². The summed E-state index contributed by atoms with van der Waals surface area (Å²) in [5.41, 5.74) is 3.11. The lowest BCUT2D eigenvalue weighted by Gasteiger charge is -2.39. The number of aromatic amines is 1. The number of halogens is 1. The van der Waals surface area contributed by atoms with E-state index < -0.39 is 0 Å². The summed E-state index contributed by atoms with van der Waals surface area (Å²) in [5, 5.41) is 3.24. The van der Waals surface area contributed by atoms with Crippen LogP contribution in [0.2, 0.25) is 5.02 Å². The number of fused-ring (bicyclic) bond motifs is 2. The molecule has 3 fully saturated rings. The van der Waals surface area contributed by atoms with E-state index >= 15 is 0 Å². The molecular weight excluding hydrogens is 518 g/mol. The minimum atomic E-state index is -0.302. The minimum absolute atomic E-state index is 0.0633. The number of aryl methyl sites for hydroxylation is 2. The topological polar surface area (TPSA) is 92.9 Å². The summed E-state index contributed by atoms with van der Waals surface area (Å²) in [4.78, 5) is 31.1. The Morgan fingerprint density at radius 3 is 2.44 bits per heavy atom. The van der Waals surface area contributed by atoms with E-state index in [4.69, 9.17) is 25.8 Å². The number of nitrogens with zero attached hydrogens (tertiary/aromatic N) is 1. The lowest BCUT2D eigenvalue weighted by atomic mass is 9.82. The van der Waals surface area contributed by atoms with Crippen LogP contribution in [0.4, 0.5) is 0 Å². The molecule has 6 rings (SSSR count). The zero-order valence-electron chi connectivity index (χ0n) is 23.0. The highest BCUT2D eigenvalue weighted by molar-refractivity contribution is 6.32. The quantitative estimate of drug-likeness (QED) is 0.575. The molecule has 1 amide bonds. The number of nitrogens with one attached hydrogen (secondary N) is 2. The van der Waals surface area contributed by atoms with Crippen molar-refractivity contribution in [2.75, 3.05) is 32.9 Å². The number of carbonyl (C=O) groups is 1. The van der Waals surface area contributed by atoms with Crippen molar-refractivity contribution < 1.29 is 19.0 Å². The number of likely N-dealkylation sites (tertiary alicyclic amines) is 1. The molecule has 39 heavy (non-hydrogen) atoms. The van der Waals surface area contributed by atoms with Crippen LogP contribution in [0, 0.1) is 38.5 Å². The number of carbonyl (C=O) groups excluding carboxylic acids is 1. The van der Waals surface area contributed by atoms with Crippen molar-refractivity contribution in [1.29, 1.82) is 0 Å². The standard InChI is InChI=1S/C30H38ClN3O5/c1-16-8-17(2)33-30(36)24(16)10-32-29(35)23-9-25(31)28-27(18(23)3)39-26(15-38-28)19-4-6-22(7-5-19)34-11-20-13-37-14-21(20)12-34/h8-9,19-22,26H,4-7,10-15H2,1-3H3,(H,32,35)(H,33,36)/t19?,20?,21?,22?,26-/m1/s1. The van der Waals surface area contributed by atoms with Gasteiger partial charge in [0.05, 0.1) is 18.2 Å². The maximum Gasteiger partial charge on any atom is 0.253 e. The average Bonchev–Trinajstić information content (AvgIpc) is 3.53. The Morgan fingerprint density at radius 2 is 1.74 bits per heavy atom. The lowest BCUT2D eigenvalue weighted by molar-refractivity contribution is 0.0199. The molecule has 0 radical (unpaired) electrons. The highest BCUT2D eigenvalue weighted by Crippen LogP contribution is 2.45. The van der Waals surface area contributed by atoms with Gasteiger partial charge in [0.2, 0.25) is 0 Å². The lowest BCUT2D eigenvalue weighted by Crippen LogP contribution is -2.43. The van der Waals surface area contributed by atoms with Gasteiger partial charge in [-0.05, 0) is 70.1 Å². The summed E-state index contributed by atoms with van der Waals surface area (Å²) in [5.74, 6) is 2.61. The average molecular weight is 556 g/mol. The zero-order chi connectivity index (χ0) is 27.3. The minimum Gasteiger partial charge on any atom is -0.484 e. The van der Waals surface area contributed by atoms with Crippen molar-refractivity contribution >= 4 is 17.5 Å². The molecule has 2 saturated heterocycles. The molecule has 4 heterocycles. The number of amides is 1. The Morgan fingerprint density at radius 1 is 1.03 bits per heavy atom. The van der Waals surface area contributed by atoms with Gasteiger partial charge in [0.15, 0.2) is 11.5 Å². The third-order valence-corrected chi connectivity index (χ3v) is 9.60. The van der Waals surface area contributed by atoms with Crippen molar-refractivity contribution in [1.82, 2.24) is 15.2 Å². The molecule has 2 N–H and O–H groups in total. The molecule has 3 aliphatic heterocycles. The predicted octanol–water partition coefficient (Wildman–Crippen LogP) is 4.16. The number of hydrogen-bond acceptors (Lipinski definition) is 6. The maximum atomic E-state index is 13.2. The summed E-state index contributed by atoms with van der Waals surface area (Å²) in [6, 6.07) is 4.18. The van der Waals surface area contributed by atoms with Gasteiger partial charge in [-0.2, -0.15) is 0 Å². The second-order valence-corrected chi connectivity index (χ2v) is 12.3. The van der Waals surface area contributed by atoms with Crippen molar-refractivity contribution in [2.45, 2.75) is 65.1 Å². The summed E-state index contributed by atoms with van der Waals surface area (Å²) in [6.07, 6.45) is 4.50. The molecule has 1 aromatic carbocycles. The second-order valence-electron chi connectivity index (χ2n) is 11.9. The van der Waals surface area contributed by atoms with Gasteiger partial charge in [-0.25, -0.2) is 0 Å². The SMILES string of the molecule is Cc1cc(C)c(CNC(=O)c2cc(Cl)c3c(c2C)O[C@@H](C2CCC(N4CC5COCC5C4)CC2)CO3)c(=O)[nH]1. The third-order valence-electron chi connectivity index (χ3n) is 9.32. The molecule has 3 atom stereocenters. The summed E-state index contributed by atoms with van der Waals surface area (Å²) in [7, 11) is 0. The molecule has 4 aliphatic rings. The fourth-order valence-electron chi connectivity index (χ4n) is 7.02. The molecule has 0 spiro atoms. The molecule has 1 aliphatic carbocycles. The van der Waals surface area contributed by atoms with Crippen LogP contribution < -0.4 is 20.3 Å². The van der Waals surface area contributed by atoms with E-state index in [2.05, 4.69) is 15.2 Å². The van der Waals surface area contributed by atoms with Crippen molar-refractivity contribution in [3.05, 3.63) is 55.5 Å². The third kappa shape index (κ3) is 5.19. The number of ether oxygens (including phenoxy) is 3. The maximum absolute atomic E-state index is 13.2. The summed E-state index contributed by atoms with van der Waals surface area (Å²) in [6.45, 7) is 10.4. The molecule has 0 bridgehead atoms. The smallest absolute Gasteiger partial charge is 0.253 e. The van der Waals surface area contributed by atoms with E-state index in [0.717, 1.165) is 49.1 Å². The molecule has 1 saturated carbocycles. The van der Waals surface area contributed by atoms with Gasteiger partial charge < -0.3 is 24.5 Å². The van der Waals surface area contributed by atoms with Crippen LogP contribution in [0.25, 0.3) is 0 Å². The van der Waals surface area contributed by atoms with Gasteiger partial charge >= 0.3 is 0 Å². The Balaban J connectivity index is 1.11. The molecule has 2 unspecified atom stereocenters. The van der Waals surface area contributed by atoms with Crippen LogP contribution in [-0.4, -0.2) is 60.8 Å². The van der Waals surface area contributed by atoms with Crippen LogP contribution in [0.1, 0.15) is 58.4 Å². The molecule has 2 aromatic rings. The van der Waals surface area contributed by atoms with Crippen LogP contribution in [0.5, 0.6) is 11.5 Å². The van der Waals surface area contributed by atoms with Crippen LogP contribution in [-0.2, 0) is 11.3 Å². The summed E-state index contributed by atoms with van der Waals surface area (Å²) >= 11 is 6.56. The summed E-state index contributed by atoms with van der Waals surface area (Å²) < 4.78 is 18.3. The van der Waals surface area contributed by atoms with E-state index in [-0.39, 0.29) is 24.1 Å². The van der Waals surface area contributed by atoms with E-state index in [1.54, 1.807) is 6.07 Å². The number of aromatic nitrogens is 1. The predicted molar refractivity (Wildman–Crippen MR) is 149 cm³/mol. The second kappa shape index (κ2) is 10.8. The van der Waals surface area contributed by atoms with Crippen molar-refractivity contribution in [2.24, 2.45) is 17.8 Å². The monoisotopic (exact) mass is 555 g/mol. The Kier molecular flexibility index (Phi) is 7.37. The normalized spacial score (nSPS) is 28.4. The Bertz CT molecular complexity index is 1310. The first-order valence-electron chi connectivity index (χ1n) is 14.2. The van der Waals surface area contributed by atoms with E-state index in [1.165, 1.54) is 25.9 Å². The Hall–Kier alpha value is -2.55. The largest absolute Gasteiger partial charge is 0.484 e. The fourth-order valence-corrected chi connectivity index (χ4v) is 7.27. The number of rotatable bonds is 5. The Labute approximate surface area is 234 Å². The molecule has 210 valence electrons. The fraction of sp³-hybridized carbons (Fsp3) is 0.600. The van der Waals surface area contributed by atoms with Crippen LogP contribution >= 0.6 is 11.6 Å². The first-order valence-corrected chi connectivity index (χ1v) is 14.6. The van der Waals surface area contributed by atoms with Gasteiger partial charge in [0.25, 0.3) is 11.5 Å². The number of pyridine rings is 1. The molecule has 1 aromatic heterocycles. The van der Waals surface area contributed by atoms with Gasteiger partial charge in [-0.1, -0.05) is 11.6 Å². The molecule has 8 nitrogen and oxygen atoms in total. The number of benzene rings is 1. The van der Waals surface area contributed by atoms with Crippen molar-refractivity contribution in [3.8, 4) is 11.5 Å². The van der Waals surface area contributed by atoms with Gasteiger partial charge in [0, 0.05) is 59.9 Å². The number of hydrogen-bond donors (Lipinski definition) is 2. The number of H-pyrrole nitrogens is 1. The van der Waals surface area contributed by atoms with Gasteiger partial charge in [-0.15, -0.1) is 0 Å². The first kappa shape index (κ1) is 26.7. The van der Waals surface area contributed by atoms with Gasteiger partial charge in [-0.3, -0.25) is 14.5 Å². The molecule has 9 heteroatoms.